The number of carboxylic acids is 1. The maximum atomic E-state index is 10.4. The van der Waals surface area contributed by atoms with Crippen LogP contribution in [-0.2, 0) is 4.79 Å². The molecule has 12 heavy (non-hydrogen) atoms. The van der Waals surface area contributed by atoms with E-state index in [4.69, 9.17) is 10.8 Å². The molecular formula is C6H7N3O3. The van der Waals surface area contributed by atoms with Gasteiger partial charge >= 0.3 is 12.0 Å². The Hall–Kier alpha value is -1.56. The van der Waals surface area contributed by atoms with Crippen LogP contribution in [0.25, 0.3) is 0 Å². The monoisotopic (exact) mass is 169 g/mol. The Morgan fingerprint density at radius 3 is 2.83 bits per heavy atom. The molecule has 0 saturated heterocycles. The Bertz CT molecular complexity index is 282. The molecule has 3 N–H and O–H groups in total. The summed E-state index contributed by atoms with van der Waals surface area (Å²) in [5.74, 6) is -1.12. The molecule has 0 fully saturated rings. The van der Waals surface area contributed by atoms with Gasteiger partial charge in [-0.05, 0) is 0 Å². The van der Waals surface area contributed by atoms with Crippen molar-refractivity contribution in [3.63, 3.8) is 0 Å². The number of aliphatic imine (C=N–C) groups is 2. The summed E-state index contributed by atoms with van der Waals surface area (Å²) in [6.07, 6.45) is 1.26. The molecule has 0 aliphatic carbocycles. The van der Waals surface area contributed by atoms with Crippen LogP contribution in [0.4, 0.5) is 4.79 Å². The van der Waals surface area contributed by atoms with Gasteiger partial charge in [-0.1, -0.05) is 0 Å². The van der Waals surface area contributed by atoms with E-state index in [-0.39, 0.29) is 6.42 Å². The van der Waals surface area contributed by atoms with Crippen molar-refractivity contribution in [2.75, 3.05) is 0 Å². The van der Waals surface area contributed by atoms with Crippen LogP contribution in [0.5, 0.6) is 0 Å². The fourth-order valence-electron chi connectivity index (χ4n) is 0.721. The minimum Gasteiger partial charge on any atom is -0.480 e. The average molecular weight is 169 g/mol. The SMILES string of the molecule is N[C@@H](CC1=NC(=O)N=C1)C(=O)O. The summed E-state index contributed by atoms with van der Waals surface area (Å²) in [7, 11) is 0. The van der Waals surface area contributed by atoms with Crippen molar-refractivity contribution in [2.24, 2.45) is 15.7 Å². The highest BCUT2D eigenvalue weighted by Crippen LogP contribution is 1.98. The Labute approximate surface area is 67.8 Å². The van der Waals surface area contributed by atoms with E-state index < -0.39 is 18.0 Å². The number of carboxylic acid groups (broad SMARTS) is 1. The van der Waals surface area contributed by atoms with Gasteiger partial charge in [0, 0.05) is 6.42 Å². The third-order valence-corrected chi connectivity index (χ3v) is 1.31. The summed E-state index contributed by atoms with van der Waals surface area (Å²) in [6.45, 7) is 0. The number of carbonyl (C=O) groups excluding carboxylic acids is 1. The third-order valence-electron chi connectivity index (χ3n) is 1.31. The van der Waals surface area contributed by atoms with Gasteiger partial charge < -0.3 is 10.8 Å². The predicted molar refractivity (Wildman–Crippen MR) is 41.6 cm³/mol. The lowest BCUT2D eigenvalue weighted by atomic mass is 10.1. The van der Waals surface area contributed by atoms with Gasteiger partial charge in [0.25, 0.3) is 0 Å². The largest absolute Gasteiger partial charge is 0.480 e. The summed E-state index contributed by atoms with van der Waals surface area (Å²) in [6, 6.07) is -1.64. The van der Waals surface area contributed by atoms with Crippen molar-refractivity contribution >= 4 is 23.9 Å². The van der Waals surface area contributed by atoms with E-state index >= 15 is 0 Å². The molecule has 0 radical (unpaired) electrons. The molecular weight excluding hydrogens is 162 g/mol. The zero-order valence-electron chi connectivity index (χ0n) is 6.10. The smallest absolute Gasteiger partial charge is 0.367 e. The van der Waals surface area contributed by atoms with Crippen LogP contribution in [0.15, 0.2) is 9.98 Å². The molecule has 64 valence electrons. The molecule has 1 atom stereocenters. The number of rotatable bonds is 3. The minimum absolute atomic E-state index is 0.0323. The van der Waals surface area contributed by atoms with Gasteiger partial charge in [-0.25, -0.2) is 4.79 Å². The minimum atomic E-state index is -1.12. The first-order chi connectivity index (χ1) is 5.59. The van der Waals surface area contributed by atoms with E-state index in [1.165, 1.54) is 6.21 Å². The van der Waals surface area contributed by atoms with Crippen molar-refractivity contribution in [3.8, 4) is 0 Å². The van der Waals surface area contributed by atoms with E-state index in [0.29, 0.717) is 5.71 Å². The van der Waals surface area contributed by atoms with Crippen molar-refractivity contribution in [3.05, 3.63) is 0 Å². The van der Waals surface area contributed by atoms with E-state index in [2.05, 4.69) is 9.98 Å². The molecule has 1 heterocycles. The van der Waals surface area contributed by atoms with E-state index in [0.717, 1.165) is 0 Å². The Morgan fingerprint density at radius 2 is 2.42 bits per heavy atom. The normalized spacial score (nSPS) is 17.8. The topological polar surface area (TPSA) is 105 Å². The molecule has 0 aromatic heterocycles. The Balaban J connectivity index is 2.53. The van der Waals surface area contributed by atoms with Gasteiger partial charge in [-0.3, -0.25) is 4.79 Å². The van der Waals surface area contributed by atoms with Crippen LogP contribution in [-0.4, -0.2) is 35.1 Å². The van der Waals surface area contributed by atoms with Crippen molar-refractivity contribution in [1.82, 2.24) is 0 Å². The number of hydrogen-bond donors (Lipinski definition) is 2. The van der Waals surface area contributed by atoms with E-state index in [1.54, 1.807) is 0 Å². The molecule has 0 aromatic carbocycles. The van der Waals surface area contributed by atoms with Gasteiger partial charge in [-0.2, -0.15) is 9.98 Å². The standard InChI is InChI=1S/C6H7N3O3/c7-4(5(10)11)1-3-2-8-6(12)9-3/h2,4H,1,7H2,(H,10,11)/t4-/m0/s1. The summed E-state index contributed by atoms with van der Waals surface area (Å²) in [5, 5.41) is 8.40. The second-order valence-corrected chi connectivity index (χ2v) is 2.29. The maximum Gasteiger partial charge on any atom is 0.367 e. The van der Waals surface area contributed by atoms with Crippen LogP contribution in [0, 0.1) is 0 Å². The van der Waals surface area contributed by atoms with Gasteiger partial charge in [0.05, 0.1) is 11.9 Å². The fourth-order valence-corrected chi connectivity index (χ4v) is 0.721. The summed E-state index contributed by atoms with van der Waals surface area (Å²) >= 11 is 0. The van der Waals surface area contributed by atoms with Crippen LogP contribution >= 0.6 is 0 Å². The number of nitrogens with zero attached hydrogens (tertiary/aromatic N) is 2. The summed E-state index contributed by atoms with van der Waals surface area (Å²) in [4.78, 5) is 27.4. The molecule has 0 bridgehead atoms. The Morgan fingerprint density at radius 1 is 1.75 bits per heavy atom. The lowest BCUT2D eigenvalue weighted by Crippen LogP contribution is -2.32. The van der Waals surface area contributed by atoms with Crippen molar-refractivity contribution < 1.29 is 14.7 Å². The second kappa shape index (κ2) is 3.22. The molecule has 0 saturated carbocycles. The summed E-state index contributed by atoms with van der Waals surface area (Å²) < 4.78 is 0. The fraction of sp³-hybridized carbons (Fsp3) is 0.333. The van der Waals surface area contributed by atoms with E-state index in [9.17, 15) is 9.59 Å². The number of nitrogens with two attached hydrogens (primary N) is 1. The van der Waals surface area contributed by atoms with Gasteiger partial charge in [0.1, 0.15) is 6.04 Å². The Kier molecular flexibility index (Phi) is 2.29. The predicted octanol–water partition coefficient (Wildman–Crippen LogP) is -0.566. The van der Waals surface area contributed by atoms with Crippen molar-refractivity contribution in [1.29, 1.82) is 0 Å². The highest BCUT2D eigenvalue weighted by Gasteiger charge is 2.16. The molecule has 1 aliphatic heterocycles. The van der Waals surface area contributed by atoms with Crippen molar-refractivity contribution in [2.45, 2.75) is 12.5 Å². The van der Waals surface area contributed by atoms with Gasteiger partial charge in [-0.15, -0.1) is 0 Å². The van der Waals surface area contributed by atoms with Crippen LogP contribution in [0.1, 0.15) is 6.42 Å². The molecule has 1 rings (SSSR count). The molecule has 0 spiro atoms. The first kappa shape index (κ1) is 8.54. The molecule has 6 nitrogen and oxygen atoms in total. The zero-order valence-corrected chi connectivity index (χ0v) is 6.10. The van der Waals surface area contributed by atoms with Gasteiger partial charge in [0.15, 0.2) is 0 Å². The zero-order chi connectivity index (χ0) is 9.14. The van der Waals surface area contributed by atoms with E-state index in [1.807, 2.05) is 0 Å². The first-order valence-corrected chi connectivity index (χ1v) is 3.23. The maximum absolute atomic E-state index is 10.4. The lowest BCUT2D eigenvalue weighted by Gasteiger charge is -2.02. The third kappa shape index (κ3) is 1.96. The highest BCUT2D eigenvalue weighted by molar-refractivity contribution is 6.37. The quantitative estimate of drug-likeness (QED) is 0.590. The number of aliphatic carboxylic acids is 1. The second-order valence-electron chi connectivity index (χ2n) is 2.29. The highest BCUT2D eigenvalue weighted by atomic mass is 16.4. The number of carbonyl (C=O) groups is 2. The van der Waals surface area contributed by atoms with Crippen LogP contribution in [0.3, 0.4) is 0 Å². The van der Waals surface area contributed by atoms with Crippen LogP contribution in [0.2, 0.25) is 0 Å². The molecule has 0 aromatic rings. The van der Waals surface area contributed by atoms with Gasteiger partial charge in [0.2, 0.25) is 0 Å². The number of urea groups is 1. The lowest BCUT2D eigenvalue weighted by molar-refractivity contribution is -0.138. The molecule has 0 unspecified atom stereocenters. The van der Waals surface area contributed by atoms with Crippen LogP contribution < -0.4 is 5.73 Å². The number of hydrogen-bond acceptors (Lipinski definition) is 3. The average Bonchev–Trinajstić information content (AvgIpc) is 2.35. The molecule has 2 amide bonds. The number of amides is 2. The summed E-state index contributed by atoms with van der Waals surface area (Å²) in [5.41, 5.74) is 5.50. The molecule has 6 heteroatoms. The first-order valence-electron chi connectivity index (χ1n) is 3.23. The molecule has 1 aliphatic rings.